The van der Waals surface area contributed by atoms with Gasteiger partial charge in [-0.3, -0.25) is 9.78 Å². The third kappa shape index (κ3) is 4.41. The first-order valence-corrected chi connectivity index (χ1v) is 8.69. The van der Waals surface area contributed by atoms with Crippen LogP contribution in [0.3, 0.4) is 0 Å². The maximum Gasteiger partial charge on any atom is 0.274 e. The van der Waals surface area contributed by atoms with Crippen molar-refractivity contribution in [2.45, 2.75) is 13.5 Å². The lowest BCUT2D eigenvalue weighted by molar-refractivity contribution is 0.102. The number of pyridine rings is 1. The first-order valence-electron chi connectivity index (χ1n) is 8.31. The van der Waals surface area contributed by atoms with Gasteiger partial charge in [-0.1, -0.05) is 48.0 Å². The predicted octanol–water partition coefficient (Wildman–Crippen LogP) is 4.93. The smallest absolute Gasteiger partial charge is 0.274 e. The zero-order valence-electron chi connectivity index (χ0n) is 14.7. The molecule has 1 amide bonds. The minimum atomic E-state index is -0.264. The van der Waals surface area contributed by atoms with E-state index in [4.69, 9.17) is 11.6 Å². The van der Waals surface area contributed by atoms with Gasteiger partial charge in [0.25, 0.3) is 5.91 Å². The van der Waals surface area contributed by atoms with Crippen molar-refractivity contribution in [2.24, 2.45) is 0 Å². The lowest BCUT2D eigenvalue weighted by Crippen LogP contribution is -2.18. The number of nitrogens with zero attached hydrogens (tertiary/aromatic N) is 2. The van der Waals surface area contributed by atoms with Crippen LogP contribution < -0.4 is 10.2 Å². The van der Waals surface area contributed by atoms with E-state index >= 15 is 0 Å². The maximum absolute atomic E-state index is 12.5. The van der Waals surface area contributed by atoms with E-state index in [1.54, 1.807) is 18.3 Å². The molecule has 0 unspecified atom stereocenters. The minimum absolute atomic E-state index is 0.264. The summed E-state index contributed by atoms with van der Waals surface area (Å²) in [5, 5.41) is 3.46. The average Bonchev–Trinajstić information content (AvgIpc) is 2.65. The largest absolute Gasteiger partial charge is 0.370 e. The van der Waals surface area contributed by atoms with Gasteiger partial charge in [0.05, 0.1) is 0 Å². The number of anilines is 2. The molecule has 4 nitrogen and oxygen atoms in total. The van der Waals surface area contributed by atoms with Crippen molar-refractivity contribution < 1.29 is 4.79 Å². The van der Waals surface area contributed by atoms with E-state index in [1.165, 1.54) is 5.56 Å². The first kappa shape index (κ1) is 18.0. The highest BCUT2D eigenvalue weighted by Gasteiger charge is 2.11. The van der Waals surface area contributed by atoms with E-state index in [0.717, 1.165) is 17.8 Å². The Morgan fingerprint density at radius 3 is 2.62 bits per heavy atom. The van der Waals surface area contributed by atoms with Crippen LogP contribution in [-0.4, -0.2) is 17.9 Å². The molecule has 132 valence electrons. The average molecular weight is 366 g/mol. The lowest BCUT2D eigenvalue weighted by atomic mass is 10.2. The number of carbonyl (C=O) groups excluding carboxylic acids is 1. The molecule has 0 fully saturated rings. The van der Waals surface area contributed by atoms with Gasteiger partial charge < -0.3 is 10.2 Å². The Labute approximate surface area is 158 Å². The number of benzene rings is 2. The van der Waals surface area contributed by atoms with E-state index in [9.17, 15) is 4.79 Å². The molecule has 1 N–H and O–H groups in total. The third-order valence-electron chi connectivity index (χ3n) is 4.11. The van der Waals surface area contributed by atoms with Crippen LogP contribution in [0.4, 0.5) is 11.4 Å². The number of halogens is 1. The number of aromatic nitrogens is 1. The fraction of sp³-hybridized carbons (Fsp3) is 0.143. The molecule has 0 atom stereocenters. The van der Waals surface area contributed by atoms with Gasteiger partial charge in [-0.15, -0.1) is 0 Å². The highest BCUT2D eigenvalue weighted by molar-refractivity contribution is 6.31. The molecule has 0 aliphatic rings. The molecule has 0 aliphatic carbocycles. The molecule has 3 aromatic rings. The van der Waals surface area contributed by atoms with E-state index in [1.807, 2.05) is 50.4 Å². The molecule has 0 bridgehead atoms. The van der Waals surface area contributed by atoms with E-state index in [2.05, 4.69) is 27.3 Å². The van der Waals surface area contributed by atoms with Crippen LogP contribution >= 0.6 is 11.6 Å². The Kier molecular flexibility index (Phi) is 5.54. The van der Waals surface area contributed by atoms with Gasteiger partial charge in [-0.05, 0) is 42.3 Å². The van der Waals surface area contributed by atoms with Crippen LogP contribution in [0.25, 0.3) is 0 Å². The van der Waals surface area contributed by atoms with Gasteiger partial charge in [0.2, 0.25) is 0 Å². The normalized spacial score (nSPS) is 10.4. The van der Waals surface area contributed by atoms with Gasteiger partial charge in [0, 0.05) is 36.2 Å². The van der Waals surface area contributed by atoms with Crippen molar-refractivity contribution in [3.8, 4) is 0 Å². The molecule has 2 aromatic carbocycles. The zero-order chi connectivity index (χ0) is 18.5. The van der Waals surface area contributed by atoms with Crippen molar-refractivity contribution in [3.63, 3.8) is 0 Å². The van der Waals surface area contributed by atoms with Gasteiger partial charge in [-0.25, -0.2) is 0 Å². The number of rotatable bonds is 5. The quantitative estimate of drug-likeness (QED) is 0.697. The van der Waals surface area contributed by atoms with Gasteiger partial charge in [0.1, 0.15) is 5.69 Å². The fourth-order valence-electron chi connectivity index (χ4n) is 2.60. The van der Waals surface area contributed by atoms with Crippen molar-refractivity contribution in [1.29, 1.82) is 0 Å². The summed E-state index contributed by atoms with van der Waals surface area (Å²) in [4.78, 5) is 18.8. The molecule has 0 saturated heterocycles. The molecule has 0 aliphatic heterocycles. The summed E-state index contributed by atoms with van der Waals surface area (Å²) in [7, 11) is 1.99. The van der Waals surface area contributed by atoms with Gasteiger partial charge in [0.15, 0.2) is 0 Å². The third-order valence-corrected chi connectivity index (χ3v) is 4.52. The van der Waals surface area contributed by atoms with E-state index in [-0.39, 0.29) is 5.91 Å². The number of amides is 1. The molecule has 0 saturated carbocycles. The second-order valence-corrected chi connectivity index (χ2v) is 6.57. The summed E-state index contributed by atoms with van der Waals surface area (Å²) in [6.45, 7) is 2.67. The highest BCUT2D eigenvalue weighted by atomic mass is 35.5. The summed E-state index contributed by atoms with van der Waals surface area (Å²) < 4.78 is 0. The van der Waals surface area contributed by atoms with Crippen LogP contribution in [0.5, 0.6) is 0 Å². The molecule has 0 radical (unpaired) electrons. The van der Waals surface area contributed by atoms with Crippen molar-refractivity contribution in [2.75, 3.05) is 17.3 Å². The summed E-state index contributed by atoms with van der Waals surface area (Å²) in [5.41, 5.74) is 4.10. The van der Waals surface area contributed by atoms with Crippen LogP contribution in [0, 0.1) is 6.92 Å². The Morgan fingerprint density at radius 2 is 1.88 bits per heavy atom. The Hall–Kier alpha value is -2.85. The number of carbonyl (C=O) groups is 1. The van der Waals surface area contributed by atoms with Crippen molar-refractivity contribution in [3.05, 3.63) is 88.7 Å². The molecular weight excluding hydrogens is 346 g/mol. The molecular formula is C21H20ClN3O. The van der Waals surface area contributed by atoms with Crippen LogP contribution in [0.15, 0.2) is 66.9 Å². The van der Waals surface area contributed by atoms with Gasteiger partial charge in [-0.2, -0.15) is 0 Å². The van der Waals surface area contributed by atoms with Gasteiger partial charge >= 0.3 is 0 Å². The summed E-state index contributed by atoms with van der Waals surface area (Å²) in [5.74, 6) is -0.264. The lowest BCUT2D eigenvalue weighted by Gasteiger charge is -2.19. The number of hydrogen-bond acceptors (Lipinski definition) is 3. The monoisotopic (exact) mass is 365 g/mol. The standard InChI is InChI=1S/C21H20ClN3O/c1-15-8-9-17(12-19(15)22)24-21(26)20-13-18(10-11-23-20)25(2)14-16-6-4-3-5-7-16/h3-13H,14H2,1-2H3,(H,24,26). The Bertz CT molecular complexity index is 912. The summed E-state index contributed by atoms with van der Waals surface area (Å²) in [6.07, 6.45) is 1.65. The SMILES string of the molecule is Cc1ccc(NC(=O)c2cc(N(C)Cc3ccccc3)ccn2)cc1Cl. The van der Waals surface area contributed by atoms with Crippen molar-refractivity contribution >= 4 is 28.9 Å². The molecule has 3 rings (SSSR count). The zero-order valence-corrected chi connectivity index (χ0v) is 15.5. The topological polar surface area (TPSA) is 45.2 Å². The molecule has 1 heterocycles. The van der Waals surface area contributed by atoms with Crippen LogP contribution in [0.2, 0.25) is 5.02 Å². The Balaban J connectivity index is 1.73. The van der Waals surface area contributed by atoms with E-state index < -0.39 is 0 Å². The second-order valence-electron chi connectivity index (χ2n) is 6.16. The summed E-state index contributed by atoms with van der Waals surface area (Å²) >= 11 is 6.11. The Morgan fingerprint density at radius 1 is 1.12 bits per heavy atom. The minimum Gasteiger partial charge on any atom is -0.370 e. The van der Waals surface area contributed by atoms with Crippen LogP contribution in [-0.2, 0) is 6.54 Å². The highest BCUT2D eigenvalue weighted by Crippen LogP contribution is 2.21. The molecule has 0 spiro atoms. The molecule has 5 heteroatoms. The number of aryl methyl sites for hydroxylation is 1. The summed E-state index contributed by atoms with van der Waals surface area (Å²) in [6, 6.07) is 19.3. The van der Waals surface area contributed by atoms with Crippen molar-refractivity contribution in [1.82, 2.24) is 4.98 Å². The fourth-order valence-corrected chi connectivity index (χ4v) is 2.78. The number of hydrogen-bond donors (Lipinski definition) is 1. The second kappa shape index (κ2) is 8.02. The maximum atomic E-state index is 12.5. The number of nitrogens with one attached hydrogen (secondary N) is 1. The predicted molar refractivity (Wildman–Crippen MR) is 107 cm³/mol. The van der Waals surface area contributed by atoms with Crippen LogP contribution in [0.1, 0.15) is 21.6 Å². The van der Waals surface area contributed by atoms with E-state index in [0.29, 0.717) is 16.4 Å². The molecule has 26 heavy (non-hydrogen) atoms. The molecule has 1 aromatic heterocycles. The first-order chi connectivity index (χ1) is 12.5.